The zero-order chi connectivity index (χ0) is 12.8. The highest BCUT2D eigenvalue weighted by Crippen LogP contribution is 2.19. The van der Waals surface area contributed by atoms with Gasteiger partial charge in [0.25, 0.3) is 0 Å². The average molecular weight is 251 g/mol. The van der Waals surface area contributed by atoms with Crippen LogP contribution in [0.2, 0.25) is 0 Å². The van der Waals surface area contributed by atoms with Gasteiger partial charge in [0, 0.05) is 12.1 Å². The first-order valence-electron chi connectivity index (χ1n) is 6.59. The second-order valence-corrected chi connectivity index (χ2v) is 4.74. The molecule has 3 heteroatoms. The first-order chi connectivity index (χ1) is 8.77. The molecule has 1 aliphatic rings. The molecule has 2 rings (SSSR count). The maximum atomic E-state index is 13.3. The summed E-state index contributed by atoms with van der Waals surface area (Å²) in [5.74, 6) is -0.946. The van der Waals surface area contributed by atoms with Crippen molar-refractivity contribution in [2.24, 2.45) is 0 Å². The molecule has 1 nitrogen and oxygen atoms in total. The molecule has 1 N–H and O–H groups in total. The molecule has 0 atom stereocenters. The minimum absolute atomic E-state index is 0.134. The molecule has 0 bridgehead atoms. The maximum Gasteiger partial charge on any atom is 0.130 e. The SMILES string of the molecule is Fc1cccc(F)c1CNCCC1=CCCCC1. The third-order valence-corrected chi connectivity index (χ3v) is 3.37. The number of halogens is 2. The molecule has 0 spiro atoms. The van der Waals surface area contributed by atoms with Crippen LogP contribution < -0.4 is 5.32 Å². The number of allylic oxidation sites excluding steroid dienone is 1. The highest BCUT2D eigenvalue weighted by molar-refractivity contribution is 5.19. The van der Waals surface area contributed by atoms with Crippen LogP contribution in [0.1, 0.15) is 37.7 Å². The smallest absolute Gasteiger partial charge is 0.130 e. The van der Waals surface area contributed by atoms with Crippen LogP contribution in [0.5, 0.6) is 0 Å². The third kappa shape index (κ3) is 3.64. The van der Waals surface area contributed by atoms with E-state index in [2.05, 4.69) is 11.4 Å². The Morgan fingerprint density at radius 2 is 1.89 bits per heavy atom. The van der Waals surface area contributed by atoms with Gasteiger partial charge >= 0.3 is 0 Å². The fourth-order valence-electron chi connectivity index (χ4n) is 2.30. The Balaban J connectivity index is 1.76. The normalized spacial score (nSPS) is 15.6. The molecular weight excluding hydrogens is 232 g/mol. The lowest BCUT2D eigenvalue weighted by Gasteiger charge is -2.13. The lowest BCUT2D eigenvalue weighted by molar-refractivity contribution is 0.534. The lowest BCUT2D eigenvalue weighted by atomic mass is 9.97. The van der Waals surface area contributed by atoms with Gasteiger partial charge < -0.3 is 5.32 Å². The topological polar surface area (TPSA) is 12.0 Å². The van der Waals surface area contributed by atoms with Crippen molar-refractivity contribution in [3.63, 3.8) is 0 Å². The molecule has 0 aromatic heterocycles. The minimum Gasteiger partial charge on any atom is -0.312 e. The molecule has 1 aromatic carbocycles. The van der Waals surface area contributed by atoms with Crippen molar-refractivity contribution in [1.29, 1.82) is 0 Å². The van der Waals surface area contributed by atoms with Gasteiger partial charge in [-0.15, -0.1) is 0 Å². The maximum absolute atomic E-state index is 13.3. The van der Waals surface area contributed by atoms with Crippen LogP contribution in [-0.4, -0.2) is 6.54 Å². The van der Waals surface area contributed by atoms with Gasteiger partial charge in [0.05, 0.1) is 0 Å². The Morgan fingerprint density at radius 1 is 1.11 bits per heavy atom. The monoisotopic (exact) mass is 251 g/mol. The molecule has 0 aliphatic heterocycles. The van der Waals surface area contributed by atoms with Crippen molar-refractivity contribution in [1.82, 2.24) is 5.32 Å². The van der Waals surface area contributed by atoms with E-state index in [1.807, 2.05) is 0 Å². The fourth-order valence-corrected chi connectivity index (χ4v) is 2.30. The molecule has 0 heterocycles. The minimum atomic E-state index is -0.473. The van der Waals surface area contributed by atoms with E-state index in [4.69, 9.17) is 0 Å². The first-order valence-corrected chi connectivity index (χ1v) is 6.59. The Morgan fingerprint density at radius 3 is 2.56 bits per heavy atom. The van der Waals surface area contributed by atoms with Gasteiger partial charge in [-0.05, 0) is 50.8 Å². The van der Waals surface area contributed by atoms with Crippen LogP contribution in [-0.2, 0) is 6.54 Å². The Labute approximate surface area is 107 Å². The third-order valence-electron chi connectivity index (χ3n) is 3.37. The number of benzene rings is 1. The van der Waals surface area contributed by atoms with E-state index in [-0.39, 0.29) is 12.1 Å². The predicted octanol–water partition coefficient (Wildman–Crippen LogP) is 3.94. The summed E-state index contributed by atoms with van der Waals surface area (Å²) in [5.41, 5.74) is 1.61. The van der Waals surface area contributed by atoms with Crippen molar-refractivity contribution in [3.05, 3.63) is 47.0 Å². The van der Waals surface area contributed by atoms with Gasteiger partial charge in [-0.2, -0.15) is 0 Å². The van der Waals surface area contributed by atoms with Crippen LogP contribution in [0.4, 0.5) is 8.78 Å². The van der Waals surface area contributed by atoms with Gasteiger partial charge in [0.15, 0.2) is 0 Å². The largest absolute Gasteiger partial charge is 0.312 e. The van der Waals surface area contributed by atoms with Gasteiger partial charge in [-0.3, -0.25) is 0 Å². The summed E-state index contributed by atoms with van der Waals surface area (Å²) in [5, 5.41) is 3.11. The van der Waals surface area contributed by atoms with Crippen molar-refractivity contribution < 1.29 is 8.78 Å². The number of hydrogen-bond donors (Lipinski definition) is 1. The number of rotatable bonds is 5. The van der Waals surface area contributed by atoms with Gasteiger partial charge in [-0.25, -0.2) is 8.78 Å². The fraction of sp³-hybridized carbons (Fsp3) is 0.467. The summed E-state index contributed by atoms with van der Waals surface area (Å²) in [4.78, 5) is 0. The molecule has 98 valence electrons. The zero-order valence-electron chi connectivity index (χ0n) is 10.5. The zero-order valence-corrected chi connectivity index (χ0v) is 10.5. The average Bonchev–Trinajstić information content (AvgIpc) is 2.38. The summed E-state index contributed by atoms with van der Waals surface area (Å²) in [6.45, 7) is 1.03. The van der Waals surface area contributed by atoms with Crippen molar-refractivity contribution in [3.8, 4) is 0 Å². The summed E-state index contributed by atoms with van der Waals surface area (Å²) < 4.78 is 26.7. The summed E-state index contributed by atoms with van der Waals surface area (Å²) in [6.07, 6.45) is 8.20. The summed E-state index contributed by atoms with van der Waals surface area (Å²) in [7, 11) is 0. The Bertz CT molecular complexity index is 406. The van der Waals surface area contributed by atoms with Crippen LogP contribution in [0, 0.1) is 11.6 Å². The molecule has 0 amide bonds. The van der Waals surface area contributed by atoms with E-state index in [1.54, 1.807) is 0 Å². The highest BCUT2D eigenvalue weighted by atomic mass is 19.1. The molecule has 0 unspecified atom stereocenters. The molecule has 1 aromatic rings. The predicted molar refractivity (Wildman–Crippen MR) is 69.2 cm³/mol. The molecule has 0 fully saturated rings. The van der Waals surface area contributed by atoms with Crippen molar-refractivity contribution >= 4 is 0 Å². The molecule has 0 saturated carbocycles. The summed E-state index contributed by atoms with van der Waals surface area (Å²) >= 11 is 0. The number of hydrogen-bond acceptors (Lipinski definition) is 1. The van der Waals surface area contributed by atoms with Crippen molar-refractivity contribution in [2.45, 2.75) is 38.6 Å². The standard InChI is InChI=1S/C15H19F2N/c16-14-7-4-8-15(17)13(14)11-18-10-9-12-5-2-1-3-6-12/h4-5,7-8,18H,1-3,6,9-11H2. The molecule has 0 saturated heterocycles. The Hall–Kier alpha value is -1.22. The molecule has 1 aliphatic carbocycles. The second-order valence-electron chi connectivity index (χ2n) is 4.74. The Kier molecular flexibility index (Phi) is 4.88. The van der Waals surface area contributed by atoms with E-state index in [1.165, 1.54) is 49.5 Å². The lowest BCUT2D eigenvalue weighted by Crippen LogP contribution is -2.17. The van der Waals surface area contributed by atoms with E-state index in [9.17, 15) is 8.78 Å². The van der Waals surface area contributed by atoms with E-state index < -0.39 is 11.6 Å². The van der Waals surface area contributed by atoms with Crippen LogP contribution in [0.15, 0.2) is 29.8 Å². The van der Waals surface area contributed by atoms with Gasteiger partial charge in [0.2, 0.25) is 0 Å². The molecule has 0 radical (unpaired) electrons. The highest BCUT2D eigenvalue weighted by Gasteiger charge is 2.08. The molecule has 18 heavy (non-hydrogen) atoms. The number of nitrogens with one attached hydrogen (secondary N) is 1. The van der Waals surface area contributed by atoms with E-state index in [0.717, 1.165) is 13.0 Å². The second kappa shape index (κ2) is 6.64. The van der Waals surface area contributed by atoms with Crippen LogP contribution in [0.25, 0.3) is 0 Å². The first kappa shape index (κ1) is 13.2. The van der Waals surface area contributed by atoms with Crippen molar-refractivity contribution in [2.75, 3.05) is 6.54 Å². The van der Waals surface area contributed by atoms with Crippen LogP contribution >= 0.6 is 0 Å². The quantitative estimate of drug-likeness (QED) is 0.617. The van der Waals surface area contributed by atoms with Gasteiger partial charge in [-0.1, -0.05) is 17.7 Å². The van der Waals surface area contributed by atoms with E-state index in [0.29, 0.717) is 0 Å². The van der Waals surface area contributed by atoms with E-state index >= 15 is 0 Å². The van der Waals surface area contributed by atoms with Gasteiger partial charge in [0.1, 0.15) is 11.6 Å². The van der Waals surface area contributed by atoms with Crippen LogP contribution in [0.3, 0.4) is 0 Å². The summed E-state index contributed by atoms with van der Waals surface area (Å²) in [6, 6.07) is 3.98. The molecular formula is C15H19F2N.